The predicted octanol–water partition coefficient (Wildman–Crippen LogP) is 11.2. The minimum atomic E-state index is 1.02. The first-order valence-corrected chi connectivity index (χ1v) is 14.5. The highest BCUT2D eigenvalue weighted by atomic mass is 14.6. The van der Waals surface area contributed by atoms with Crippen molar-refractivity contribution in [3.63, 3.8) is 0 Å². The summed E-state index contributed by atoms with van der Waals surface area (Å²) in [5, 5.41) is 6.33. The molecule has 8 aromatic rings. The SMILES string of the molecule is c1ccc(-c2c3c(c(-c4ccccc4)c4ccccc24)-c2cc(-c4cccc5ncccc45)cc4cccc-3c24)cc1. The molecule has 1 heterocycles. The Kier molecular flexibility index (Phi) is 4.97. The number of hydrogen-bond acceptors (Lipinski definition) is 1. The van der Waals surface area contributed by atoms with Crippen molar-refractivity contribution in [2.24, 2.45) is 0 Å². The molecular formula is C41H25N. The molecule has 0 amide bonds. The molecular weight excluding hydrogens is 506 g/mol. The molecule has 1 heteroatoms. The van der Waals surface area contributed by atoms with E-state index in [1.165, 1.54) is 82.6 Å². The second kappa shape index (κ2) is 8.99. The van der Waals surface area contributed by atoms with E-state index >= 15 is 0 Å². The molecule has 1 aliphatic rings. The van der Waals surface area contributed by atoms with Gasteiger partial charge in [0.1, 0.15) is 0 Å². The lowest BCUT2D eigenvalue weighted by atomic mass is 9.82. The van der Waals surface area contributed by atoms with E-state index in [0.29, 0.717) is 0 Å². The maximum Gasteiger partial charge on any atom is 0.0708 e. The molecule has 0 fully saturated rings. The third kappa shape index (κ3) is 3.28. The van der Waals surface area contributed by atoms with Gasteiger partial charge in [0, 0.05) is 11.6 Å². The summed E-state index contributed by atoms with van der Waals surface area (Å²) in [6.45, 7) is 0. The van der Waals surface area contributed by atoms with Crippen LogP contribution < -0.4 is 0 Å². The highest BCUT2D eigenvalue weighted by Gasteiger charge is 2.31. The van der Waals surface area contributed by atoms with Gasteiger partial charge in [-0.1, -0.05) is 121 Å². The minimum absolute atomic E-state index is 1.02. The monoisotopic (exact) mass is 531 g/mol. The second-order valence-corrected chi connectivity index (χ2v) is 11.1. The van der Waals surface area contributed by atoms with E-state index in [4.69, 9.17) is 0 Å². The van der Waals surface area contributed by atoms with Crippen molar-refractivity contribution in [1.82, 2.24) is 4.98 Å². The van der Waals surface area contributed by atoms with Gasteiger partial charge >= 0.3 is 0 Å². The van der Waals surface area contributed by atoms with Gasteiger partial charge in [0.15, 0.2) is 0 Å². The predicted molar refractivity (Wildman–Crippen MR) is 177 cm³/mol. The quantitative estimate of drug-likeness (QED) is 0.221. The van der Waals surface area contributed by atoms with Gasteiger partial charge in [0.2, 0.25) is 0 Å². The Labute approximate surface area is 244 Å². The Hall–Kier alpha value is -5.53. The number of pyridine rings is 1. The summed E-state index contributed by atoms with van der Waals surface area (Å²) in [6, 6.07) is 53.0. The Balaban J connectivity index is 1.48. The second-order valence-electron chi connectivity index (χ2n) is 11.1. The summed E-state index contributed by atoms with van der Waals surface area (Å²) in [5.74, 6) is 0. The van der Waals surface area contributed by atoms with Gasteiger partial charge < -0.3 is 0 Å². The molecule has 0 atom stereocenters. The molecule has 0 saturated heterocycles. The van der Waals surface area contributed by atoms with Crippen LogP contribution in [-0.2, 0) is 0 Å². The zero-order valence-corrected chi connectivity index (χ0v) is 22.9. The van der Waals surface area contributed by atoms with Crippen molar-refractivity contribution >= 4 is 32.4 Å². The lowest BCUT2D eigenvalue weighted by Gasteiger charge is -2.20. The van der Waals surface area contributed by atoms with Gasteiger partial charge in [-0.25, -0.2) is 0 Å². The summed E-state index contributed by atoms with van der Waals surface area (Å²) in [7, 11) is 0. The van der Waals surface area contributed by atoms with Crippen LogP contribution in [0.3, 0.4) is 0 Å². The van der Waals surface area contributed by atoms with E-state index in [0.717, 1.165) is 5.52 Å². The fourth-order valence-electron chi connectivity index (χ4n) is 7.13. The number of hydrogen-bond donors (Lipinski definition) is 0. The molecule has 0 N–H and O–H groups in total. The Morgan fingerprint density at radius 2 is 0.952 bits per heavy atom. The molecule has 42 heavy (non-hydrogen) atoms. The van der Waals surface area contributed by atoms with Gasteiger partial charge in [-0.3, -0.25) is 4.98 Å². The van der Waals surface area contributed by atoms with Crippen LogP contribution >= 0.6 is 0 Å². The minimum Gasteiger partial charge on any atom is -0.256 e. The van der Waals surface area contributed by atoms with Crippen molar-refractivity contribution in [3.05, 3.63) is 152 Å². The van der Waals surface area contributed by atoms with E-state index in [-0.39, 0.29) is 0 Å². The van der Waals surface area contributed by atoms with Crippen LogP contribution in [0.5, 0.6) is 0 Å². The lowest BCUT2D eigenvalue weighted by Crippen LogP contribution is -1.93. The molecule has 0 unspecified atom stereocenters. The van der Waals surface area contributed by atoms with Crippen LogP contribution in [0.1, 0.15) is 0 Å². The highest BCUT2D eigenvalue weighted by molar-refractivity contribution is 6.28. The molecule has 1 aromatic heterocycles. The third-order valence-corrected chi connectivity index (χ3v) is 8.81. The van der Waals surface area contributed by atoms with E-state index in [9.17, 15) is 0 Å². The average molecular weight is 532 g/mol. The maximum absolute atomic E-state index is 4.65. The van der Waals surface area contributed by atoms with Crippen LogP contribution in [-0.4, -0.2) is 4.98 Å². The molecule has 0 bridgehead atoms. The van der Waals surface area contributed by atoms with Gasteiger partial charge in [-0.05, 0) is 101 Å². The normalized spacial score (nSPS) is 11.8. The summed E-state index contributed by atoms with van der Waals surface area (Å²) in [6.07, 6.45) is 1.87. The van der Waals surface area contributed by atoms with E-state index in [2.05, 4.69) is 145 Å². The molecule has 1 nitrogen and oxygen atoms in total. The number of fused-ring (bicyclic) bond motifs is 5. The van der Waals surface area contributed by atoms with Gasteiger partial charge in [0.25, 0.3) is 0 Å². The first-order chi connectivity index (χ1) is 20.9. The number of nitrogens with zero attached hydrogens (tertiary/aromatic N) is 1. The summed E-state index contributed by atoms with van der Waals surface area (Å²) < 4.78 is 0. The molecule has 0 spiro atoms. The van der Waals surface area contributed by atoms with Crippen LogP contribution in [0.25, 0.3) is 88.1 Å². The smallest absolute Gasteiger partial charge is 0.0708 e. The molecule has 0 radical (unpaired) electrons. The zero-order chi connectivity index (χ0) is 27.6. The largest absolute Gasteiger partial charge is 0.256 e. The number of benzene rings is 7. The molecule has 0 aliphatic heterocycles. The maximum atomic E-state index is 4.65. The molecule has 194 valence electrons. The Morgan fingerprint density at radius 3 is 1.67 bits per heavy atom. The topological polar surface area (TPSA) is 12.9 Å². The standard InChI is InChI=1S/C41H25N/c1-3-12-26(13-4-1)38-32-17-7-8-18-33(32)39(27-14-5-2-6-15-27)41-35-25-29(24-28-16-9-20-34(37(28)35)40(38)41)30-19-10-22-36-31(30)21-11-23-42-36/h1-25H. The lowest BCUT2D eigenvalue weighted by molar-refractivity contribution is 1.41. The first-order valence-electron chi connectivity index (χ1n) is 14.5. The van der Waals surface area contributed by atoms with Gasteiger partial charge in [-0.2, -0.15) is 0 Å². The van der Waals surface area contributed by atoms with E-state index in [1.807, 2.05) is 12.3 Å². The Morgan fingerprint density at radius 1 is 0.357 bits per heavy atom. The molecule has 0 saturated carbocycles. The average Bonchev–Trinajstić information content (AvgIpc) is 3.38. The van der Waals surface area contributed by atoms with E-state index in [1.54, 1.807) is 0 Å². The summed E-state index contributed by atoms with van der Waals surface area (Å²) in [4.78, 5) is 4.65. The summed E-state index contributed by atoms with van der Waals surface area (Å²) >= 11 is 0. The van der Waals surface area contributed by atoms with Gasteiger partial charge in [-0.15, -0.1) is 0 Å². The summed E-state index contributed by atoms with van der Waals surface area (Å²) in [5.41, 5.74) is 13.8. The van der Waals surface area contributed by atoms with Gasteiger partial charge in [0.05, 0.1) is 5.52 Å². The number of rotatable bonds is 3. The number of aromatic nitrogens is 1. The Bertz CT molecular complexity index is 2330. The fourth-order valence-corrected chi connectivity index (χ4v) is 7.13. The van der Waals surface area contributed by atoms with Crippen LogP contribution in [0, 0.1) is 0 Å². The van der Waals surface area contributed by atoms with Crippen molar-refractivity contribution < 1.29 is 0 Å². The first kappa shape index (κ1) is 23.2. The fraction of sp³-hybridized carbons (Fsp3) is 0. The van der Waals surface area contributed by atoms with Crippen molar-refractivity contribution in [3.8, 4) is 55.6 Å². The highest BCUT2D eigenvalue weighted by Crippen LogP contribution is 2.58. The van der Waals surface area contributed by atoms with Crippen molar-refractivity contribution in [2.75, 3.05) is 0 Å². The van der Waals surface area contributed by atoms with Crippen LogP contribution in [0.2, 0.25) is 0 Å². The third-order valence-electron chi connectivity index (χ3n) is 8.81. The molecule has 7 aromatic carbocycles. The van der Waals surface area contributed by atoms with Crippen LogP contribution in [0.15, 0.2) is 152 Å². The molecule has 9 rings (SSSR count). The van der Waals surface area contributed by atoms with Crippen molar-refractivity contribution in [1.29, 1.82) is 0 Å². The molecule has 1 aliphatic carbocycles. The van der Waals surface area contributed by atoms with E-state index < -0.39 is 0 Å². The zero-order valence-electron chi connectivity index (χ0n) is 22.9. The van der Waals surface area contributed by atoms with Crippen LogP contribution in [0.4, 0.5) is 0 Å². The van der Waals surface area contributed by atoms with Crippen molar-refractivity contribution in [2.45, 2.75) is 0 Å².